The van der Waals surface area contributed by atoms with E-state index in [1.54, 1.807) is 0 Å². The molecule has 0 aromatic heterocycles. The molecule has 0 aliphatic carbocycles. The van der Waals surface area contributed by atoms with Crippen molar-refractivity contribution in [2.45, 2.75) is 116 Å². The van der Waals surface area contributed by atoms with Crippen LogP contribution in [0.3, 0.4) is 0 Å². The van der Waals surface area contributed by atoms with E-state index in [-0.39, 0.29) is 12.3 Å². The Bertz CT molecular complexity index is 273. The molecule has 1 heterocycles. The van der Waals surface area contributed by atoms with Crippen LogP contribution in [0.25, 0.3) is 0 Å². The summed E-state index contributed by atoms with van der Waals surface area (Å²) in [5.41, 5.74) is 12.9. The highest BCUT2D eigenvalue weighted by Crippen LogP contribution is 2.14. The molecule has 4 heteroatoms. The Morgan fingerprint density at radius 1 is 0.538 bits per heavy atom. The van der Waals surface area contributed by atoms with E-state index in [4.69, 9.17) is 11.5 Å². The van der Waals surface area contributed by atoms with Crippen LogP contribution >= 0.6 is 0 Å². The summed E-state index contributed by atoms with van der Waals surface area (Å²) in [4.78, 5) is 4.94. The van der Waals surface area contributed by atoms with Crippen LogP contribution in [0.5, 0.6) is 0 Å². The molecule has 0 saturated carbocycles. The van der Waals surface area contributed by atoms with Gasteiger partial charge in [0.2, 0.25) is 0 Å². The van der Waals surface area contributed by atoms with E-state index in [9.17, 15) is 0 Å². The van der Waals surface area contributed by atoms with Gasteiger partial charge in [0.1, 0.15) is 0 Å². The second-order valence-electron chi connectivity index (χ2n) is 8.32. The van der Waals surface area contributed by atoms with Gasteiger partial charge in [0, 0.05) is 26.2 Å². The monoisotopic (exact) mass is 368 g/mol. The van der Waals surface area contributed by atoms with Crippen molar-refractivity contribution in [3.05, 3.63) is 0 Å². The molecular weight excluding hydrogens is 320 g/mol. The van der Waals surface area contributed by atoms with E-state index in [0.717, 1.165) is 39.0 Å². The van der Waals surface area contributed by atoms with E-state index in [0.29, 0.717) is 0 Å². The molecule has 0 aromatic carbocycles. The van der Waals surface area contributed by atoms with Crippen LogP contribution in [0.2, 0.25) is 0 Å². The number of piperazine rings is 1. The molecule has 0 spiro atoms. The van der Waals surface area contributed by atoms with Crippen LogP contribution in [0.15, 0.2) is 0 Å². The topological polar surface area (TPSA) is 58.5 Å². The van der Waals surface area contributed by atoms with Crippen molar-refractivity contribution < 1.29 is 0 Å². The lowest BCUT2D eigenvalue weighted by molar-refractivity contribution is 0.0650. The molecule has 4 N–H and O–H groups in total. The third kappa shape index (κ3) is 10.9. The van der Waals surface area contributed by atoms with Crippen molar-refractivity contribution in [2.24, 2.45) is 11.5 Å². The zero-order valence-electron chi connectivity index (χ0n) is 17.9. The summed E-state index contributed by atoms with van der Waals surface area (Å²) in [6.07, 6.45) is 19.0. The van der Waals surface area contributed by atoms with Crippen molar-refractivity contribution in [2.75, 3.05) is 26.2 Å². The highest BCUT2D eigenvalue weighted by Gasteiger charge is 2.23. The number of nitrogens with zero attached hydrogens (tertiary/aromatic N) is 2. The molecule has 0 bridgehead atoms. The van der Waals surface area contributed by atoms with Gasteiger partial charge in [-0.25, -0.2) is 0 Å². The molecule has 0 aromatic rings. The average molecular weight is 369 g/mol. The summed E-state index contributed by atoms with van der Waals surface area (Å²) in [5, 5.41) is 0. The molecule has 0 amide bonds. The lowest BCUT2D eigenvalue weighted by atomic mass is 10.1. The van der Waals surface area contributed by atoms with Gasteiger partial charge in [0.05, 0.1) is 12.3 Å². The minimum atomic E-state index is 0.248. The fraction of sp³-hybridized carbons (Fsp3) is 1.00. The van der Waals surface area contributed by atoms with Gasteiger partial charge >= 0.3 is 0 Å². The van der Waals surface area contributed by atoms with Crippen LogP contribution in [0.1, 0.15) is 104 Å². The molecule has 4 nitrogen and oxygen atoms in total. The zero-order chi connectivity index (χ0) is 19.0. The standard InChI is InChI=1S/C22H48N4/c1-3-5-7-9-11-13-15-21(23)25-17-19-26(20-18-25)22(24)16-14-12-10-8-6-4-2/h21-22H,3-20,23-24H2,1-2H3. The Hall–Kier alpha value is -0.160. The fourth-order valence-electron chi connectivity index (χ4n) is 4.03. The molecule has 1 rings (SSSR count). The average Bonchev–Trinajstić information content (AvgIpc) is 2.67. The lowest BCUT2D eigenvalue weighted by Gasteiger charge is -2.40. The van der Waals surface area contributed by atoms with Gasteiger partial charge in [0.15, 0.2) is 0 Å². The van der Waals surface area contributed by atoms with Crippen molar-refractivity contribution >= 4 is 0 Å². The molecular formula is C22H48N4. The quantitative estimate of drug-likeness (QED) is 0.389. The van der Waals surface area contributed by atoms with E-state index in [1.165, 1.54) is 77.0 Å². The van der Waals surface area contributed by atoms with Gasteiger partial charge in [-0.3, -0.25) is 9.80 Å². The Kier molecular flexibility index (Phi) is 14.6. The maximum absolute atomic E-state index is 6.43. The summed E-state index contributed by atoms with van der Waals surface area (Å²) in [5.74, 6) is 0. The van der Waals surface area contributed by atoms with Gasteiger partial charge < -0.3 is 11.5 Å². The first-order chi connectivity index (χ1) is 12.7. The number of hydrogen-bond donors (Lipinski definition) is 2. The first kappa shape index (κ1) is 23.9. The Morgan fingerprint density at radius 2 is 0.846 bits per heavy atom. The first-order valence-electron chi connectivity index (χ1n) is 11.7. The Labute approximate surface area is 164 Å². The highest BCUT2D eigenvalue weighted by atomic mass is 15.3. The SMILES string of the molecule is CCCCCCCCC(N)N1CCN(C(N)CCCCCCCC)CC1. The minimum Gasteiger partial charge on any atom is -0.316 e. The van der Waals surface area contributed by atoms with Crippen LogP contribution < -0.4 is 11.5 Å². The van der Waals surface area contributed by atoms with E-state index < -0.39 is 0 Å². The third-order valence-corrected chi connectivity index (χ3v) is 5.99. The predicted molar refractivity (Wildman–Crippen MR) is 115 cm³/mol. The summed E-state index contributed by atoms with van der Waals surface area (Å²) in [7, 11) is 0. The normalized spacial score (nSPS) is 18.9. The van der Waals surface area contributed by atoms with Gasteiger partial charge in [-0.1, -0.05) is 90.9 Å². The van der Waals surface area contributed by atoms with Crippen LogP contribution in [-0.2, 0) is 0 Å². The largest absolute Gasteiger partial charge is 0.316 e. The number of rotatable bonds is 16. The van der Waals surface area contributed by atoms with Gasteiger partial charge in [-0.05, 0) is 12.8 Å². The molecule has 1 aliphatic rings. The van der Waals surface area contributed by atoms with E-state index in [1.807, 2.05) is 0 Å². The summed E-state index contributed by atoms with van der Waals surface area (Å²) >= 11 is 0. The second-order valence-corrected chi connectivity index (χ2v) is 8.32. The summed E-state index contributed by atoms with van der Waals surface area (Å²) in [6, 6.07) is 0. The smallest absolute Gasteiger partial charge is 0.0572 e. The number of hydrogen-bond acceptors (Lipinski definition) is 4. The molecule has 2 unspecified atom stereocenters. The highest BCUT2D eigenvalue weighted by molar-refractivity contribution is 4.78. The summed E-state index contributed by atoms with van der Waals surface area (Å²) < 4.78 is 0. The van der Waals surface area contributed by atoms with E-state index >= 15 is 0 Å². The zero-order valence-corrected chi connectivity index (χ0v) is 17.9. The maximum Gasteiger partial charge on any atom is 0.0572 e. The van der Waals surface area contributed by atoms with Crippen LogP contribution in [0, 0.1) is 0 Å². The summed E-state index contributed by atoms with van der Waals surface area (Å²) in [6.45, 7) is 8.88. The fourth-order valence-corrected chi connectivity index (χ4v) is 4.03. The molecule has 156 valence electrons. The van der Waals surface area contributed by atoms with Crippen molar-refractivity contribution in [1.82, 2.24) is 9.80 Å². The van der Waals surface area contributed by atoms with Crippen LogP contribution in [-0.4, -0.2) is 48.3 Å². The molecule has 0 radical (unpaired) electrons. The second kappa shape index (κ2) is 15.9. The third-order valence-electron chi connectivity index (χ3n) is 5.99. The number of nitrogens with two attached hydrogens (primary N) is 2. The van der Waals surface area contributed by atoms with Crippen molar-refractivity contribution in [1.29, 1.82) is 0 Å². The Morgan fingerprint density at radius 3 is 1.19 bits per heavy atom. The van der Waals surface area contributed by atoms with Crippen molar-refractivity contribution in [3.63, 3.8) is 0 Å². The molecule has 26 heavy (non-hydrogen) atoms. The molecule has 1 saturated heterocycles. The van der Waals surface area contributed by atoms with Gasteiger partial charge in [0.25, 0.3) is 0 Å². The number of unbranched alkanes of at least 4 members (excludes halogenated alkanes) is 10. The maximum atomic E-state index is 6.43. The first-order valence-corrected chi connectivity index (χ1v) is 11.7. The molecule has 1 aliphatic heterocycles. The minimum absolute atomic E-state index is 0.248. The van der Waals surface area contributed by atoms with E-state index in [2.05, 4.69) is 23.6 Å². The van der Waals surface area contributed by atoms with Gasteiger partial charge in [-0.15, -0.1) is 0 Å². The van der Waals surface area contributed by atoms with Crippen molar-refractivity contribution in [3.8, 4) is 0 Å². The Balaban J connectivity index is 2.05. The molecule has 2 atom stereocenters. The van der Waals surface area contributed by atoms with Gasteiger partial charge in [-0.2, -0.15) is 0 Å². The molecule has 1 fully saturated rings. The van der Waals surface area contributed by atoms with Crippen LogP contribution in [0.4, 0.5) is 0 Å². The lowest BCUT2D eigenvalue weighted by Crippen LogP contribution is -2.57. The predicted octanol–water partition coefficient (Wildman–Crippen LogP) is 4.67.